The normalized spacial score (nSPS) is 26.0. The van der Waals surface area contributed by atoms with Crippen LogP contribution in [-0.4, -0.2) is 20.7 Å². The van der Waals surface area contributed by atoms with Crippen LogP contribution in [0.25, 0.3) is 5.52 Å². The Morgan fingerprint density at radius 3 is 2.88 bits per heavy atom. The summed E-state index contributed by atoms with van der Waals surface area (Å²) in [6, 6.07) is 5.85. The first kappa shape index (κ1) is 10.3. The summed E-state index contributed by atoms with van der Waals surface area (Å²) in [7, 11) is 0. The maximum atomic E-state index is 11.2. The van der Waals surface area contributed by atoms with Gasteiger partial charge in [-0.25, -0.2) is 4.52 Å². The van der Waals surface area contributed by atoms with Gasteiger partial charge in [0.2, 0.25) is 0 Å². The Kier molecular flexibility index (Phi) is 1.88. The predicted molar refractivity (Wildman–Crippen MR) is 62.8 cm³/mol. The minimum absolute atomic E-state index is 0.0694. The molecule has 2 aromatic rings. The van der Waals surface area contributed by atoms with Gasteiger partial charge in [0.1, 0.15) is 0 Å². The molecule has 0 saturated heterocycles. The van der Waals surface area contributed by atoms with Crippen LogP contribution in [0.1, 0.15) is 25.3 Å². The number of pyridine rings is 1. The molecule has 1 saturated carbocycles. The summed E-state index contributed by atoms with van der Waals surface area (Å²) >= 11 is 0. The topological polar surface area (TPSA) is 54.6 Å². The fraction of sp³-hybridized carbons (Fsp3) is 0.385. The molecule has 2 unspecified atom stereocenters. The van der Waals surface area contributed by atoms with E-state index >= 15 is 0 Å². The van der Waals surface area contributed by atoms with E-state index in [2.05, 4.69) is 5.10 Å². The van der Waals surface area contributed by atoms with Crippen molar-refractivity contribution in [3.63, 3.8) is 0 Å². The molecule has 17 heavy (non-hydrogen) atoms. The Hall–Kier alpha value is -1.84. The van der Waals surface area contributed by atoms with Crippen molar-refractivity contribution in [3.05, 3.63) is 36.2 Å². The molecule has 4 heteroatoms. The molecule has 2 aromatic heterocycles. The molecule has 3 rings (SSSR count). The van der Waals surface area contributed by atoms with Crippen molar-refractivity contribution in [1.29, 1.82) is 0 Å². The number of carboxylic acids is 1. The number of carboxylic acid groups (broad SMARTS) is 1. The molecule has 0 amide bonds. The SMILES string of the molecule is CC1(C)C(C(=O)O)C1c1cnn2ccccc12. The second-order valence-electron chi connectivity index (χ2n) is 5.25. The number of aromatic nitrogens is 2. The lowest BCUT2D eigenvalue weighted by molar-refractivity contribution is -0.139. The number of fused-ring (bicyclic) bond motifs is 1. The summed E-state index contributed by atoms with van der Waals surface area (Å²) in [5, 5.41) is 13.5. The summed E-state index contributed by atoms with van der Waals surface area (Å²) in [5.74, 6) is -0.939. The maximum absolute atomic E-state index is 11.2. The Morgan fingerprint density at radius 1 is 1.47 bits per heavy atom. The first-order valence-electron chi connectivity index (χ1n) is 5.68. The standard InChI is InChI=1S/C13H14N2O2/c1-13(2)10(11(13)12(16)17)8-7-14-15-6-4-3-5-9(8)15/h3-7,10-11H,1-2H3,(H,16,17). The molecule has 0 aliphatic heterocycles. The van der Waals surface area contributed by atoms with Gasteiger partial charge in [-0.15, -0.1) is 0 Å². The van der Waals surface area contributed by atoms with Crippen molar-refractivity contribution >= 4 is 11.5 Å². The van der Waals surface area contributed by atoms with Crippen LogP contribution >= 0.6 is 0 Å². The summed E-state index contributed by atoms with van der Waals surface area (Å²) in [6.45, 7) is 4.01. The summed E-state index contributed by atoms with van der Waals surface area (Å²) < 4.78 is 1.79. The van der Waals surface area contributed by atoms with Crippen molar-refractivity contribution in [1.82, 2.24) is 9.61 Å². The van der Waals surface area contributed by atoms with Gasteiger partial charge in [0.05, 0.1) is 17.6 Å². The fourth-order valence-electron chi connectivity index (χ4n) is 2.87. The van der Waals surface area contributed by atoms with E-state index in [0.717, 1.165) is 11.1 Å². The molecule has 0 bridgehead atoms. The van der Waals surface area contributed by atoms with E-state index in [1.807, 2.05) is 38.2 Å². The summed E-state index contributed by atoms with van der Waals surface area (Å²) in [5.41, 5.74) is 1.88. The first-order chi connectivity index (χ1) is 8.03. The Morgan fingerprint density at radius 2 is 2.24 bits per heavy atom. The molecule has 0 radical (unpaired) electrons. The summed E-state index contributed by atoms with van der Waals surface area (Å²) in [6.07, 6.45) is 3.68. The Labute approximate surface area is 98.9 Å². The third-order valence-electron chi connectivity index (χ3n) is 3.88. The molecule has 1 N–H and O–H groups in total. The smallest absolute Gasteiger partial charge is 0.307 e. The number of nitrogens with zero attached hydrogens (tertiary/aromatic N) is 2. The van der Waals surface area contributed by atoms with Crippen LogP contribution < -0.4 is 0 Å². The van der Waals surface area contributed by atoms with Gasteiger partial charge >= 0.3 is 5.97 Å². The molecule has 1 aliphatic carbocycles. The van der Waals surface area contributed by atoms with Gasteiger partial charge in [0.15, 0.2) is 0 Å². The second kappa shape index (κ2) is 3.09. The predicted octanol–water partition coefficient (Wildman–Crippen LogP) is 2.16. The van der Waals surface area contributed by atoms with Gasteiger partial charge < -0.3 is 5.11 Å². The lowest BCUT2D eigenvalue weighted by Gasteiger charge is -2.00. The number of hydrogen-bond donors (Lipinski definition) is 1. The third-order valence-corrected chi connectivity index (χ3v) is 3.88. The van der Waals surface area contributed by atoms with Crippen LogP contribution in [0.4, 0.5) is 0 Å². The number of rotatable bonds is 2. The van der Waals surface area contributed by atoms with Crippen molar-refractivity contribution in [2.45, 2.75) is 19.8 Å². The highest BCUT2D eigenvalue weighted by Crippen LogP contribution is 2.64. The quantitative estimate of drug-likeness (QED) is 0.860. The highest BCUT2D eigenvalue weighted by atomic mass is 16.4. The lowest BCUT2D eigenvalue weighted by Crippen LogP contribution is -2.03. The van der Waals surface area contributed by atoms with Crippen LogP contribution in [0.3, 0.4) is 0 Å². The van der Waals surface area contributed by atoms with E-state index in [0.29, 0.717) is 0 Å². The highest BCUT2D eigenvalue weighted by molar-refractivity contribution is 5.79. The van der Waals surface area contributed by atoms with Crippen LogP contribution in [-0.2, 0) is 4.79 Å². The molecule has 88 valence electrons. The molecule has 4 nitrogen and oxygen atoms in total. The highest BCUT2D eigenvalue weighted by Gasteiger charge is 2.63. The lowest BCUT2D eigenvalue weighted by atomic mass is 10.0. The fourth-order valence-corrected chi connectivity index (χ4v) is 2.87. The maximum Gasteiger partial charge on any atom is 0.307 e. The molecule has 2 heterocycles. The van der Waals surface area contributed by atoms with Crippen LogP contribution in [0.2, 0.25) is 0 Å². The molecule has 1 aliphatic rings. The van der Waals surface area contributed by atoms with Crippen LogP contribution in [0.15, 0.2) is 30.6 Å². The average molecular weight is 230 g/mol. The van der Waals surface area contributed by atoms with Gasteiger partial charge in [-0.2, -0.15) is 5.10 Å². The van der Waals surface area contributed by atoms with Gasteiger partial charge in [0, 0.05) is 17.7 Å². The van der Waals surface area contributed by atoms with Crippen LogP contribution in [0.5, 0.6) is 0 Å². The van der Waals surface area contributed by atoms with E-state index in [-0.39, 0.29) is 17.3 Å². The molecule has 0 aromatic carbocycles. The second-order valence-corrected chi connectivity index (χ2v) is 5.25. The van der Waals surface area contributed by atoms with Crippen molar-refractivity contribution in [2.75, 3.05) is 0 Å². The molecular formula is C13H14N2O2. The average Bonchev–Trinajstić information content (AvgIpc) is 2.68. The Balaban J connectivity index is 2.09. The molecule has 1 fully saturated rings. The Bertz CT molecular complexity index is 600. The van der Waals surface area contributed by atoms with Gasteiger partial charge in [-0.05, 0) is 17.5 Å². The molecular weight excluding hydrogens is 216 g/mol. The van der Waals surface area contributed by atoms with Crippen LogP contribution in [0, 0.1) is 11.3 Å². The summed E-state index contributed by atoms with van der Waals surface area (Å²) in [4.78, 5) is 11.2. The monoisotopic (exact) mass is 230 g/mol. The first-order valence-corrected chi connectivity index (χ1v) is 5.68. The van der Waals surface area contributed by atoms with E-state index in [9.17, 15) is 9.90 Å². The molecule has 0 spiro atoms. The zero-order valence-electron chi connectivity index (χ0n) is 9.79. The largest absolute Gasteiger partial charge is 0.481 e. The van der Waals surface area contributed by atoms with Gasteiger partial charge in [-0.1, -0.05) is 19.9 Å². The number of carbonyl (C=O) groups is 1. The van der Waals surface area contributed by atoms with E-state index in [1.165, 1.54) is 0 Å². The van der Waals surface area contributed by atoms with Crippen molar-refractivity contribution in [3.8, 4) is 0 Å². The number of aliphatic carboxylic acids is 1. The molecule has 2 atom stereocenters. The van der Waals surface area contributed by atoms with Crippen molar-refractivity contribution < 1.29 is 9.90 Å². The zero-order chi connectivity index (χ0) is 12.2. The number of hydrogen-bond acceptors (Lipinski definition) is 2. The van der Waals surface area contributed by atoms with E-state index < -0.39 is 5.97 Å². The minimum Gasteiger partial charge on any atom is -0.481 e. The minimum atomic E-state index is -0.713. The van der Waals surface area contributed by atoms with E-state index in [1.54, 1.807) is 10.7 Å². The zero-order valence-corrected chi connectivity index (χ0v) is 9.79. The van der Waals surface area contributed by atoms with Gasteiger partial charge in [0.25, 0.3) is 0 Å². The van der Waals surface area contributed by atoms with E-state index in [4.69, 9.17) is 0 Å². The third kappa shape index (κ3) is 1.30. The van der Waals surface area contributed by atoms with Gasteiger partial charge in [-0.3, -0.25) is 4.79 Å². The van der Waals surface area contributed by atoms with Crippen molar-refractivity contribution in [2.24, 2.45) is 11.3 Å².